The molecule has 0 aliphatic heterocycles. The maximum Gasteiger partial charge on any atom is 0.383 e. The second-order valence-electron chi connectivity index (χ2n) is 3.94. The van der Waals surface area contributed by atoms with Crippen LogP contribution in [0.25, 0.3) is 0 Å². The summed E-state index contributed by atoms with van der Waals surface area (Å²) in [6.07, 6.45) is -4.32. The third-order valence-corrected chi connectivity index (χ3v) is 2.52. The first kappa shape index (κ1) is 17.2. The molecule has 0 aromatic rings. The van der Waals surface area contributed by atoms with Gasteiger partial charge in [-0.25, -0.2) is 8.78 Å². The molecule has 0 radical (unpaired) electrons. The van der Waals surface area contributed by atoms with E-state index in [2.05, 4.69) is 0 Å². The van der Waals surface area contributed by atoms with Gasteiger partial charge in [0, 0.05) is 19.0 Å². The van der Waals surface area contributed by atoms with Crippen LogP contribution in [-0.4, -0.2) is 47.4 Å². The number of halogens is 5. The van der Waals surface area contributed by atoms with Crippen molar-refractivity contribution in [1.29, 1.82) is 0 Å². The minimum atomic E-state index is -4.74. The first-order chi connectivity index (χ1) is 8.14. The van der Waals surface area contributed by atoms with Gasteiger partial charge >= 0.3 is 12.3 Å². The van der Waals surface area contributed by atoms with Crippen molar-refractivity contribution in [3.63, 3.8) is 0 Å². The third-order valence-electron chi connectivity index (χ3n) is 2.22. The SMILES string of the molecule is CC(C)N(CCC(=O)CCl)C(=O)C(F)(F)C(F)F. The van der Waals surface area contributed by atoms with Crippen molar-refractivity contribution in [1.82, 2.24) is 4.90 Å². The van der Waals surface area contributed by atoms with E-state index in [1.54, 1.807) is 0 Å². The Hall–Kier alpha value is -0.850. The molecule has 18 heavy (non-hydrogen) atoms. The zero-order chi connectivity index (χ0) is 14.5. The molecule has 0 rings (SSSR count). The zero-order valence-corrected chi connectivity index (χ0v) is 10.7. The summed E-state index contributed by atoms with van der Waals surface area (Å²) in [6.45, 7) is 2.43. The molecule has 0 saturated heterocycles. The summed E-state index contributed by atoms with van der Waals surface area (Å²) in [7, 11) is 0. The van der Waals surface area contributed by atoms with Crippen LogP contribution in [0.1, 0.15) is 20.3 Å². The summed E-state index contributed by atoms with van der Waals surface area (Å²) in [5.41, 5.74) is 0. The Morgan fingerprint density at radius 3 is 2.11 bits per heavy atom. The van der Waals surface area contributed by atoms with Crippen LogP contribution in [0.5, 0.6) is 0 Å². The van der Waals surface area contributed by atoms with Gasteiger partial charge in [-0.05, 0) is 13.8 Å². The molecular weight excluding hydrogens is 278 g/mol. The fourth-order valence-electron chi connectivity index (χ4n) is 1.19. The largest absolute Gasteiger partial charge is 0.383 e. The number of carbonyl (C=O) groups is 2. The molecule has 0 spiro atoms. The molecule has 106 valence electrons. The van der Waals surface area contributed by atoms with Crippen molar-refractivity contribution in [3.8, 4) is 0 Å². The molecule has 0 unspecified atom stereocenters. The third kappa shape index (κ3) is 4.44. The zero-order valence-electron chi connectivity index (χ0n) is 9.93. The maximum absolute atomic E-state index is 12.9. The summed E-state index contributed by atoms with van der Waals surface area (Å²) in [4.78, 5) is 22.8. The van der Waals surface area contributed by atoms with E-state index in [0.717, 1.165) is 0 Å². The molecule has 0 fully saturated rings. The van der Waals surface area contributed by atoms with Crippen LogP contribution in [0.15, 0.2) is 0 Å². The molecule has 0 aliphatic carbocycles. The van der Waals surface area contributed by atoms with Crippen molar-refractivity contribution in [2.45, 2.75) is 38.7 Å². The molecule has 0 atom stereocenters. The van der Waals surface area contributed by atoms with E-state index in [-0.39, 0.29) is 18.8 Å². The van der Waals surface area contributed by atoms with Gasteiger partial charge in [-0.2, -0.15) is 8.78 Å². The number of ketones is 1. The molecule has 0 bridgehead atoms. The fourth-order valence-corrected chi connectivity index (χ4v) is 1.32. The van der Waals surface area contributed by atoms with E-state index >= 15 is 0 Å². The summed E-state index contributed by atoms with van der Waals surface area (Å²) < 4.78 is 49.9. The van der Waals surface area contributed by atoms with Gasteiger partial charge in [0.05, 0.1) is 5.88 Å². The van der Waals surface area contributed by atoms with E-state index in [1.165, 1.54) is 13.8 Å². The number of nitrogens with zero attached hydrogens (tertiary/aromatic N) is 1. The Morgan fingerprint density at radius 1 is 1.28 bits per heavy atom. The number of Topliss-reactive ketones (excluding diaryl/α,β-unsaturated/α-hetero) is 1. The quantitative estimate of drug-likeness (QED) is 0.533. The molecule has 8 heteroatoms. The van der Waals surface area contributed by atoms with Crippen LogP contribution >= 0.6 is 11.6 Å². The number of amides is 1. The molecule has 0 N–H and O–H groups in total. The van der Waals surface area contributed by atoms with Crippen molar-refractivity contribution in [3.05, 3.63) is 0 Å². The van der Waals surface area contributed by atoms with Gasteiger partial charge in [-0.15, -0.1) is 11.6 Å². The highest BCUT2D eigenvalue weighted by molar-refractivity contribution is 6.27. The number of carbonyl (C=O) groups excluding carboxylic acids is 2. The summed E-state index contributed by atoms with van der Waals surface area (Å²) >= 11 is 5.21. The first-order valence-corrected chi connectivity index (χ1v) is 5.72. The van der Waals surface area contributed by atoms with Crippen molar-refractivity contribution < 1.29 is 27.2 Å². The van der Waals surface area contributed by atoms with Crippen LogP contribution < -0.4 is 0 Å². The fraction of sp³-hybridized carbons (Fsp3) is 0.800. The summed E-state index contributed by atoms with van der Waals surface area (Å²) in [5, 5.41) is 0. The maximum atomic E-state index is 12.9. The molecule has 0 aliphatic rings. The van der Waals surface area contributed by atoms with Gasteiger partial charge in [-0.3, -0.25) is 9.59 Å². The van der Waals surface area contributed by atoms with E-state index < -0.39 is 30.1 Å². The van der Waals surface area contributed by atoms with Crippen molar-refractivity contribution in [2.24, 2.45) is 0 Å². The van der Waals surface area contributed by atoms with Crippen LogP contribution in [0.2, 0.25) is 0 Å². The predicted molar refractivity (Wildman–Crippen MR) is 58.1 cm³/mol. The van der Waals surface area contributed by atoms with Gasteiger partial charge in [-0.1, -0.05) is 0 Å². The number of hydrogen-bond acceptors (Lipinski definition) is 2. The van der Waals surface area contributed by atoms with Crippen LogP contribution in [0.3, 0.4) is 0 Å². The van der Waals surface area contributed by atoms with Gasteiger partial charge in [0.1, 0.15) is 5.78 Å². The molecule has 0 saturated carbocycles. The van der Waals surface area contributed by atoms with Crippen LogP contribution in [0.4, 0.5) is 17.6 Å². The lowest BCUT2D eigenvalue weighted by molar-refractivity contribution is -0.182. The van der Waals surface area contributed by atoms with Crippen LogP contribution in [0, 0.1) is 0 Å². The minimum Gasteiger partial charge on any atom is -0.334 e. The number of rotatable bonds is 7. The van der Waals surface area contributed by atoms with Gasteiger partial charge in [0.15, 0.2) is 0 Å². The topological polar surface area (TPSA) is 37.4 Å². The van der Waals surface area contributed by atoms with E-state index in [9.17, 15) is 27.2 Å². The second kappa shape index (κ2) is 6.92. The van der Waals surface area contributed by atoms with E-state index in [1.807, 2.05) is 0 Å². The van der Waals surface area contributed by atoms with Gasteiger partial charge in [0.2, 0.25) is 0 Å². The molecule has 1 amide bonds. The lowest BCUT2D eigenvalue weighted by atomic mass is 10.2. The summed E-state index contributed by atoms with van der Waals surface area (Å²) in [6, 6.07) is -0.717. The Labute approximate surface area is 107 Å². The molecular formula is C10H14ClF4NO2. The number of alkyl halides is 5. The highest BCUT2D eigenvalue weighted by Gasteiger charge is 2.51. The van der Waals surface area contributed by atoms with Crippen molar-refractivity contribution in [2.75, 3.05) is 12.4 Å². The highest BCUT2D eigenvalue weighted by Crippen LogP contribution is 2.26. The standard InChI is InChI=1S/C10H14ClF4NO2/c1-6(2)16(4-3-7(17)5-11)9(18)10(14,15)8(12)13/h6,8H,3-5H2,1-2H3. The van der Waals surface area contributed by atoms with Gasteiger partial charge < -0.3 is 4.90 Å². The molecule has 3 nitrogen and oxygen atoms in total. The Kier molecular flexibility index (Phi) is 6.59. The lowest BCUT2D eigenvalue weighted by Crippen LogP contribution is -2.50. The molecule has 0 aromatic carbocycles. The Bertz CT molecular complexity index is 310. The highest BCUT2D eigenvalue weighted by atomic mass is 35.5. The smallest absolute Gasteiger partial charge is 0.334 e. The Morgan fingerprint density at radius 2 is 1.78 bits per heavy atom. The first-order valence-electron chi connectivity index (χ1n) is 5.19. The second-order valence-corrected chi connectivity index (χ2v) is 4.21. The van der Waals surface area contributed by atoms with E-state index in [4.69, 9.17) is 11.6 Å². The normalized spacial score (nSPS) is 12.1. The average molecular weight is 292 g/mol. The van der Waals surface area contributed by atoms with Crippen molar-refractivity contribution >= 4 is 23.3 Å². The van der Waals surface area contributed by atoms with E-state index in [0.29, 0.717) is 4.90 Å². The average Bonchev–Trinajstić information content (AvgIpc) is 2.27. The predicted octanol–water partition coefficient (Wildman–Crippen LogP) is 2.32. The minimum absolute atomic E-state index is 0.243. The molecule has 0 heterocycles. The molecule has 0 aromatic heterocycles. The summed E-state index contributed by atoms with van der Waals surface area (Å²) in [5.74, 6) is -7.48. The Balaban J connectivity index is 4.80. The lowest BCUT2D eigenvalue weighted by Gasteiger charge is -2.29. The van der Waals surface area contributed by atoms with Crippen LogP contribution in [-0.2, 0) is 9.59 Å². The monoisotopic (exact) mass is 291 g/mol. The van der Waals surface area contributed by atoms with Gasteiger partial charge in [0.25, 0.3) is 5.91 Å². The number of hydrogen-bond donors (Lipinski definition) is 0.